The molecule has 0 fully saturated rings. The van der Waals surface area contributed by atoms with Crippen molar-refractivity contribution in [3.63, 3.8) is 0 Å². The number of halogens is 1. The van der Waals surface area contributed by atoms with Crippen molar-refractivity contribution in [2.24, 2.45) is 0 Å². The Morgan fingerprint density at radius 1 is 1.00 bits per heavy atom. The molecule has 0 saturated heterocycles. The number of aryl methyl sites for hydroxylation is 3. The van der Waals surface area contributed by atoms with E-state index in [1.807, 2.05) is 0 Å². The third-order valence-corrected chi connectivity index (χ3v) is 4.80. The second-order valence-electron chi connectivity index (χ2n) is 4.51. The van der Waals surface area contributed by atoms with E-state index in [4.69, 9.17) is 0 Å². The summed E-state index contributed by atoms with van der Waals surface area (Å²) in [5.74, 6) is 0. The molecule has 0 aliphatic carbocycles. The first kappa shape index (κ1) is 12.8. The van der Waals surface area contributed by atoms with Crippen molar-refractivity contribution >= 4 is 27.3 Å². The fourth-order valence-electron chi connectivity index (χ4n) is 2.17. The van der Waals surface area contributed by atoms with Crippen LogP contribution in [0.3, 0.4) is 0 Å². The zero-order valence-corrected chi connectivity index (χ0v) is 13.2. The number of nitrogens with zero attached hydrogens (tertiary/aromatic N) is 1. The van der Waals surface area contributed by atoms with Crippen molar-refractivity contribution < 1.29 is 0 Å². The van der Waals surface area contributed by atoms with E-state index in [-0.39, 0.29) is 0 Å². The van der Waals surface area contributed by atoms with E-state index < -0.39 is 0 Å². The molecule has 0 aliphatic heterocycles. The van der Waals surface area contributed by atoms with E-state index >= 15 is 0 Å². The van der Waals surface area contributed by atoms with Crippen molar-refractivity contribution in [1.29, 1.82) is 0 Å². The molecule has 0 saturated carbocycles. The smallest absolute Gasteiger partial charge is 0.160 e. The number of benzene rings is 1. The molecule has 0 N–H and O–H groups in total. The molecule has 0 bridgehead atoms. The Hall–Kier alpha value is -0.670. The molecule has 90 valence electrons. The number of hydrogen-bond donors (Lipinski definition) is 0. The first-order valence-corrected chi connectivity index (χ1v) is 7.23. The molecule has 0 radical (unpaired) electrons. The molecule has 1 heterocycles. The fraction of sp³-hybridized carbons (Fsp3) is 0.357. The second-order valence-corrected chi connectivity index (χ2v) is 6.99. The van der Waals surface area contributed by atoms with Gasteiger partial charge in [-0.15, -0.1) is 11.3 Å². The first-order valence-electron chi connectivity index (χ1n) is 5.62. The lowest BCUT2D eigenvalue weighted by atomic mass is 9.92. The van der Waals surface area contributed by atoms with E-state index in [9.17, 15) is 0 Å². The zero-order chi connectivity index (χ0) is 12.7. The van der Waals surface area contributed by atoms with E-state index in [0.717, 1.165) is 9.61 Å². The Balaban J connectivity index is 2.79. The summed E-state index contributed by atoms with van der Waals surface area (Å²) in [6.07, 6.45) is 0. The topological polar surface area (TPSA) is 12.9 Å². The van der Waals surface area contributed by atoms with Gasteiger partial charge in [0.25, 0.3) is 0 Å². The van der Waals surface area contributed by atoms with Crippen LogP contribution < -0.4 is 0 Å². The lowest BCUT2D eigenvalue weighted by molar-refractivity contribution is 1.22. The molecule has 1 aromatic carbocycles. The zero-order valence-electron chi connectivity index (χ0n) is 10.8. The summed E-state index contributed by atoms with van der Waals surface area (Å²) in [6, 6.07) is 2.25. The third kappa shape index (κ3) is 2.18. The van der Waals surface area contributed by atoms with Crippen LogP contribution in [0.4, 0.5) is 0 Å². The van der Waals surface area contributed by atoms with Gasteiger partial charge >= 0.3 is 0 Å². The van der Waals surface area contributed by atoms with Gasteiger partial charge in [-0.25, -0.2) is 4.98 Å². The van der Waals surface area contributed by atoms with Gasteiger partial charge in [0.2, 0.25) is 0 Å². The van der Waals surface area contributed by atoms with Gasteiger partial charge in [0.1, 0.15) is 0 Å². The van der Waals surface area contributed by atoms with Crippen molar-refractivity contribution in [3.8, 4) is 11.3 Å². The average Bonchev–Trinajstić information content (AvgIpc) is 2.56. The Morgan fingerprint density at radius 2 is 1.53 bits per heavy atom. The van der Waals surface area contributed by atoms with Gasteiger partial charge in [0, 0.05) is 10.4 Å². The van der Waals surface area contributed by atoms with Crippen LogP contribution in [0.5, 0.6) is 0 Å². The molecule has 1 aromatic heterocycles. The van der Waals surface area contributed by atoms with Crippen molar-refractivity contribution in [2.75, 3.05) is 0 Å². The summed E-state index contributed by atoms with van der Waals surface area (Å²) in [5.41, 5.74) is 7.80. The van der Waals surface area contributed by atoms with Gasteiger partial charge in [0.15, 0.2) is 3.92 Å². The minimum atomic E-state index is 0.961. The number of thiazole rings is 1. The molecule has 0 amide bonds. The summed E-state index contributed by atoms with van der Waals surface area (Å²) < 4.78 is 0.961. The fourth-order valence-corrected chi connectivity index (χ4v) is 3.71. The quantitative estimate of drug-likeness (QED) is 0.713. The summed E-state index contributed by atoms with van der Waals surface area (Å²) in [4.78, 5) is 5.89. The summed E-state index contributed by atoms with van der Waals surface area (Å²) in [7, 11) is 0. The van der Waals surface area contributed by atoms with Gasteiger partial charge in [-0.05, 0) is 72.8 Å². The SMILES string of the molecule is Cc1cc(C)c(C)c(-c2nc(Br)sc2C)c1C. The molecule has 1 nitrogen and oxygen atoms in total. The Kier molecular flexibility index (Phi) is 3.41. The predicted molar refractivity (Wildman–Crippen MR) is 78.9 cm³/mol. The van der Waals surface area contributed by atoms with Crippen LogP contribution in [0.1, 0.15) is 27.1 Å². The Bertz CT molecular complexity index is 558. The molecule has 17 heavy (non-hydrogen) atoms. The monoisotopic (exact) mass is 309 g/mol. The van der Waals surface area contributed by atoms with E-state index in [0.29, 0.717) is 0 Å². The number of aromatic nitrogens is 1. The van der Waals surface area contributed by atoms with Crippen molar-refractivity contribution in [2.45, 2.75) is 34.6 Å². The molecule has 0 atom stereocenters. The number of rotatable bonds is 1. The van der Waals surface area contributed by atoms with Crippen LogP contribution in [-0.4, -0.2) is 4.98 Å². The van der Waals surface area contributed by atoms with Gasteiger partial charge in [-0.3, -0.25) is 0 Å². The maximum Gasteiger partial charge on any atom is 0.160 e. The highest BCUT2D eigenvalue weighted by molar-refractivity contribution is 9.11. The summed E-state index contributed by atoms with van der Waals surface area (Å²) in [5, 5.41) is 0. The van der Waals surface area contributed by atoms with Crippen LogP contribution in [0, 0.1) is 34.6 Å². The van der Waals surface area contributed by atoms with Gasteiger partial charge < -0.3 is 0 Å². The van der Waals surface area contributed by atoms with Crippen molar-refractivity contribution in [3.05, 3.63) is 37.1 Å². The van der Waals surface area contributed by atoms with Crippen LogP contribution in [0.25, 0.3) is 11.3 Å². The van der Waals surface area contributed by atoms with Crippen LogP contribution in [0.2, 0.25) is 0 Å². The van der Waals surface area contributed by atoms with E-state index in [1.165, 1.54) is 32.7 Å². The maximum absolute atomic E-state index is 4.62. The minimum absolute atomic E-state index is 0.961. The molecule has 0 unspecified atom stereocenters. The predicted octanol–water partition coefficient (Wildman–Crippen LogP) is 5.11. The second kappa shape index (κ2) is 4.54. The minimum Gasteiger partial charge on any atom is -0.229 e. The molecule has 2 aromatic rings. The maximum atomic E-state index is 4.62. The lowest BCUT2D eigenvalue weighted by Crippen LogP contribution is -1.96. The third-order valence-electron chi connectivity index (χ3n) is 3.37. The highest BCUT2D eigenvalue weighted by Crippen LogP contribution is 2.36. The summed E-state index contributed by atoms with van der Waals surface area (Å²) in [6.45, 7) is 10.8. The Morgan fingerprint density at radius 3 is 1.94 bits per heavy atom. The highest BCUT2D eigenvalue weighted by atomic mass is 79.9. The average molecular weight is 310 g/mol. The normalized spacial score (nSPS) is 10.9. The van der Waals surface area contributed by atoms with Gasteiger partial charge in [0.05, 0.1) is 5.69 Å². The standard InChI is InChI=1S/C14H16BrNS/c1-7-6-8(2)10(4)12(9(7)3)13-11(5)17-14(15)16-13/h6H,1-5H3. The van der Waals surface area contributed by atoms with Gasteiger partial charge in [-0.1, -0.05) is 6.07 Å². The van der Waals surface area contributed by atoms with Crippen LogP contribution >= 0.6 is 27.3 Å². The number of hydrogen-bond acceptors (Lipinski definition) is 2. The van der Waals surface area contributed by atoms with Crippen LogP contribution in [-0.2, 0) is 0 Å². The molecule has 0 aliphatic rings. The van der Waals surface area contributed by atoms with Crippen LogP contribution in [0.15, 0.2) is 9.98 Å². The molecule has 0 spiro atoms. The molecular formula is C14H16BrNS. The molecule has 3 heteroatoms. The van der Waals surface area contributed by atoms with Gasteiger partial charge in [-0.2, -0.15) is 0 Å². The van der Waals surface area contributed by atoms with Crippen molar-refractivity contribution in [1.82, 2.24) is 4.98 Å². The highest BCUT2D eigenvalue weighted by Gasteiger charge is 2.15. The summed E-state index contributed by atoms with van der Waals surface area (Å²) >= 11 is 5.17. The Labute approximate surface area is 115 Å². The first-order chi connectivity index (χ1) is 7.91. The lowest BCUT2D eigenvalue weighted by Gasteiger charge is -2.14. The molecular weight excluding hydrogens is 294 g/mol. The van der Waals surface area contributed by atoms with E-state index in [1.54, 1.807) is 11.3 Å². The largest absolute Gasteiger partial charge is 0.229 e. The van der Waals surface area contributed by atoms with E-state index in [2.05, 4.69) is 61.6 Å². The molecule has 2 rings (SSSR count).